The predicted octanol–water partition coefficient (Wildman–Crippen LogP) is 21.3. The quantitative estimate of drug-likeness (QED) is 0.0332. The van der Waals surface area contributed by atoms with Gasteiger partial charge in [-0.2, -0.15) is 19.9 Å². The van der Waals surface area contributed by atoms with Gasteiger partial charge in [0.25, 0.3) is 5.17 Å². The van der Waals surface area contributed by atoms with E-state index in [9.17, 15) is 0 Å². The summed E-state index contributed by atoms with van der Waals surface area (Å²) in [6.07, 6.45) is 2.52. The minimum Gasteiger partial charge on any atom is -0.476 e. The Labute approximate surface area is 747 Å². The van der Waals surface area contributed by atoms with E-state index in [4.69, 9.17) is 75.3 Å². The molecule has 0 unspecified atom stereocenters. The topological polar surface area (TPSA) is 194 Å². The number of imidazole rings is 3. The second-order valence-corrected chi connectivity index (χ2v) is 32.2. The third-order valence-electron chi connectivity index (χ3n) is 23.8. The summed E-state index contributed by atoms with van der Waals surface area (Å²) in [5.74, 6) is 0.989. The van der Waals surface area contributed by atoms with Crippen molar-refractivity contribution >= 4 is 51.6 Å². The first-order valence-corrected chi connectivity index (χ1v) is 43.3. The Morgan fingerprint density at radius 3 is 1.02 bits per heavy atom. The van der Waals surface area contributed by atoms with Gasteiger partial charge in [-0.1, -0.05) is 364 Å². The fourth-order valence-electron chi connectivity index (χ4n) is 18.0. The van der Waals surface area contributed by atoms with Gasteiger partial charge in [-0.25, -0.2) is 23.7 Å². The van der Waals surface area contributed by atoms with Crippen LogP contribution in [0, 0.1) is 0 Å². The van der Waals surface area contributed by atoms with Gasteiger partial charge in [0.05, 0.1) is 45.2 Å². The molecule has 5 aromatic heterocycles. The average molecular weight is 1720 g/mol. The van der Waals surface area contributed by atoms with Crippen LogP contribution in [0.25, 0.3) is 22.3 Å². The average Bonchev–Trinajstić information content (AvgIpc) is 1.69. The molecular formula is C106H94F2N12O7S. The van der Waals surface area contributed by atoms with Crippen molar-refractivity contribution in [2.75, 3.05) is 37.1 Å². The summed E-state index contributed by atoms with van der Waals surface area (Å²) in [5.41, 5.74) is 4.51. The van der Waals surface area contributed by atoms with Crippen LogP contribution in [0.3, 0.4) is 0 Å². The molecule has 0 amide bonds. The lowest BCUT2D eigenvalue weighted by atomic mass is 9.77. The number of anilines is 2. The van der Waals surface area contributed by atoms with Gasteiger partial charge in [0, 0.05) is 18.8 Å². The van der Waals surface area contributed by atoms with Crippen LogP contribution in [0.1, 0.15) is 113 Å². The highest BCUT2D eigenvalue weighted by Crippen LogP contribution is 2.51. The van der Waals surface area contributed by atoms with Crippen molar-refractivity contribution in [3.8, 4) is 11.8 Å². The van der Waals surface area contributed by atoms with Gasteiger partial charge in [0.15, 0.2) is 52.2 Å². The van der Waals surface area contributed by atoms with E-state index >= 15 is 8.78 Å². The van der Waals surface area contributed by atoms with E-state index in [-0.39, 0.29) is 60.7 Å². The molecule has 0 bridgehead atoms. The monoisotopic (exact) mass is 1720 g/mol. The molecule has 2 aliphatic rings. The molecule has 128 heavy (non-hydrogen) atoms. The predicted molar refractivity (Wildman–Crippen MR) is 496 cm³/mol. The zero-order chi connectivity index (χ0) is 87.6. The van der Waals surface area contributed by atoms with Crippen LogP contribution in [-0.2, 0) is 46.0 Å². The number of nitrogens with zero attached hydrogens (tertiary/aromatic N) is 10. The van der Waals surface area contributed by atoms with Crippen molar-refractivity contribution in [1.82, 2.24) is 48.6 Å². The number of hydrogen-bond acceptors (Lipinski definition) is 17. The van der Waals surface area contributed by atoms with Gasteiger partial charge < -0.3 is 43.8 Å². The maximum absolute atomic E-state index is 18.4. The third kappa shape index (κ3) is 16.3. The molecule has 7 atom stereocenters. The Balaban J connectivity index is 0.000000174. The van der Waals surface area contributed by atoms with Gasteiger partial charge in [-0.05, 0) is 107 Å². The number of rotatable bonds is 29. The van der Waals surface area contributed by atoms with Gasteiger partial charge in [-0.15, -0.1) is 0 Å². The summed E-state index contributed by atoms with van der Waals surface area (Å²) in [5, 5.41) is 7.50. The molecule has 2 fully saturated rings. The number of benzene rings is 12. The van der Waals surface area contributed by atoms with Crippen molar-refractivity contribution in [3.05, 3.63) is 462 Å². The Morgan fingerprint density at radius 2 is 0.711 bits per heavy atom. The minimum atomic E-state index is -2.27. The van der Waals surface area contributed by atoms with Gasteiger partial charge in [0.2, 0.25) is 23.7 Å². The van der Waals surface area contributed by atoms with Crippen LogP contribution < -0.4 is 20.1 Å². The highest BCUT2D eigenvalue weighted by Gasteiger charge is 2.59. The number of nitrogens with one attached hydrogen (secondary N) is 2. The van der Waals surface area contributed by atoms with E-state index < -0.39 is 64.4 Å². The number of ether oxygens (including phenoxy) is 7. The normalized spacial score (nSPS) is 18.2. The van der Waals surface area contributed by atoms with Crippen LogP contribution in [0.2, 0.25) is 0 Å². The molecule has 0 radical (unpaired) electrons. The minimum absolute atomic E-state index is 0.00641. The molecule has 17 aromatic rings. The van der Waals surface area contributed by atoms with Crippen molar-refractivity contribution in [2.45, 2.75) is 98.5 Å². The Hall–Kier alpha value is -14.3. The van der Waals surface area contributed by atoms with Crippen molar-refractivity contribution in [3.63, 3.8) is 0 Å². The number of hydrogen-bond donors (Lipinski definition) is 2. The highest BCUT2D eigenvalue weighted by molar-refractivity contribution is 7.80. The molecule has 640 valence electrons. The third-order valence-corrected chi connectivity index (χ3v) is 24.1. The summed E-state index contributed by atoms with van der Waals surface area (Å²) in [6.45, 7) is 7.38. The van der Waals surface area contributed by atoms with Gasteiger partial charge >= 0.3 is 0 Å². The molecule has 19 rings (SSSR count). The first-order valence-electron chi connectivity index (χ1n) is 42.9. The van der Waals surface area contributed by atoms with E-state index in [1.165, 1.54) is 24.1 Å². The number of alkyl halides is 2. The van der Waals surface area contributed by atoms with E-state index in [0.29, 0.717) is 23.3 Å². The SMILES string of the molecule is CCOc1nc(NC(c2ccccc2)(c2ccccc2)c2ccccc2)nc2c1ncn2[C@@H]1O[C@H](COC(c2ccccc2)(c2ccccc2)c2ccccc2)C[C@@]1(C)F.CCOc1nc(NC(c2ccccc2)(c2ccccc2)c2ccccc2)nc2c1ncn2[C@@H]1O[C@H](COC(c2ccccc2)(c2ccccc2)c2ccccc2)[C@@H](OC(=S)n2ccnc2)[C@@]1(C)F. The van der Waals surface area contributed by atoms with Crippen molar-refractivity contribution in [1.29, 1.82) is 0 Å². The number of fused-ring (bicyclic) bond motifs is 2. The van der Waals surface area contributed by atoms with Crippen molar-refractivity contribution < 1.29 is 41.9 Å². The highest BCUT2D eigenvalue weighted by atomic mass is 32.1. The summed E-state index contributed by atoms with van der Waals surface area (Å²) >= 11 is 5.78. The second kappa shape index (κ2) is 37.1. The first kappa shape index (κ1) is 84.6. The summed E-state index contributed by atoms with van der Waals surface area (Å²) in [7, 11) is 0. The molecule has 2 N–H and O–H groups in total. The van der Waals surface area contributed by atoms with Gasteiger partial charge in [-0.3, -0.25) is 13.7 Å². The van der Waals surface area contributed by atoms with E-state index in [1.807, 2.05) is 269 Å². The molecule has 0 aliphatic carbocycles. The molecule has 7 heterocycles. The lowest BCUT2D eigenvalue weighted by molar-refractivity contribution is -0.0940. The summed E-state index contributed by atoms with van der Waals surface area (Å²) < 4.78 is 87.1. The van der Waals surface area contributed by atoms with E-state index in [0.717, 1.165) is 66.8 Å². The maximum atomic E-state index is 18.4. The molecule has 12 aromatic carbocycles. The van der Waals surface area contributed by atoms with Crippen LogP contribution in [0.15, 0.2) is 395 Å². The molecular weight excluding hydrogens is 1620 g/mol. The largest absolute Gasteiger partial charge is 0.476 e. The zero-order valence-corrected chi connectivity index (χ0v) is 71.8. The molecule has 0 spiro atoms. The van der Waals surface area contributed by atoms with Crippen LogP contribution in [0.5, 0.6) is 11.8 Å². The Kier molecular flexibility index (Phi) is 24.5. The summed E-state index contributed by atoms with van der Waals surface area (Å²) in [4.78, 5) is 33.7. The lowest BCUT2D eigenvalue weighted by Crippen LogP contribution is -2.46. The maximum Gasteiger partial charge on any atom is 0.269 e. The molecule has 0 saturated carbocycles. The molecule has 2 saturated heterocycles. The first-order chi connectivity index (χ1) is 62.7. The van der Waals surface area contributed by atoms with Crippen LogP contribution >= 0.6 is 12.2 Å². The molecule has 22 heteroatoms. The molecule has 19 nitrogen and oxygen atoms in total. The van der Waals surface area contributed by atoms with E-state index in [1.54, 1.807) is 34.8 Å². The number of halogens is 2. The van der Waals surface area contributed by atoms with Crippen molar-refractivity contribution in [2.24, 2.45) is 0 Å². The van der Waals surface area contributed by atoms with Gasteiger partial charge in [0.1, 0.15) is 34.7 Å². The van der Waals surface area contributed by atoms with Crippen LogP contribution in [0.4, 0.5) is 20.7 Å². The Bertz CT molecular complexity index is 6110. The fourth-order valence-corrected chi connectivity index (χ4v) is 18.2. The molecule has 2 aliphatic heterocycles. The standard InChI is InChI=1S/C55H48FN7O4S.C51H46FN5O3/c1-3-64-49-46-48(59-51(60-49)61-54(39-22-10-4-11-23-39,40-24-12-5-13-25-40)41-26-14-6-15-27-41)63(38-58-46)50-53(2,56)47(67-52(68)62-35-34-57-37-62)45(66-50)36-65-55(42-28-16-7-17-29-42,43-30-18-8-19-31-43)44-32-20-9-21-33-44;1-3-58-46-44-45(54-48(55-46)56-50(37-22-10-4-11-23-37,38-24-12-5-13-25-38)39-26-14-6-15-27-39)57(36-53-44)47-49(2,52)34-43(60-47)35-59-51(40-28-16-7-17-29-40,41-30-18-8-19-31-41)42-32-20-9-21-33-42/h4-35,37-38,45,47,50H,3,36H2,1-2H3,(H,59,60,61);4-33,36,43,47H,3,34-35H2,1-2H3,(H,54,55,56)/t45-,47-,50-,53-;43-,47+,49+/m10/s1. The smallest absolute Gasteiger partial charge is 0.269 e. The number of thiocarbonyl (C=S) groups is 1. The van der Waals surface area contributed by atoms with Crippen LogP contribution in [-0.4, -0.2) is 110 Å². The lowest BCUT2D eigenvalue weighted by Gasteiger charge is -2.37. The van der Waals surface area contributed by atoms with E-state index in [2.05, 4.69) is 125 Å². The fraction of sp³-hybridized carbons (Fsp3) is 0.189. The summed E-state index contributed by atoms with van der Waals surface area (Å²) in [6, 6.07) is 121. The Morgan fingerprint density at radius 1 is 0.406 bits per heavy atom. The zero-order valence-electron chi connectivity index (χ0n) is 70.9. The second-order valence-electron chi connectivity index (χ2n) is 31.9. The number of aromatic nitrogens is 10.